The van der Waals surface area contributed by atoms with Crippen LogP contribution in [0.3, 0.4) is 0 Å². The molecule has 4 atom stereocenters. The molecule has 0 fully saturated rings. The van der Waals surface area contributed by atoms with Crippen LogP contribution in [0.2, 0.25) is 0 Å². The Morgan fingerprint density at radius 3 is 0.750 bits per heavy atom. The quantitative estimate of drug-likeness (QED) is 0.155. The normalized spacial score (nSPS) is 17.9. The molecular weight excluding hydrogens is 864 g/mol. The molecular formula is C54H36N2O4P4. The average Bonchev–Trinajstić information content (AvgIpc) is 3.37. The standard InChI is InChI=1S/C54H36N2O4P4/c1-9-28-47-39(20-1)43-24-5-13-32-51(43)61(57-47)55(62-52-33-14-6-25-44(52)40-21-2-10-29-48(40)58-62)37-18-17-19-38(36-37)56(63-53-34-15-7-26-45(53)41-22-3-11-30-49(41)59-63)64-54-35-16-8-27-46(54)42-23-4-12-31-50(42)60-64/h1-36H. The molecule has 0 saturated heterocycles. The molecule has 13 rings (SSSR count). The van der Waals surface area contributed by atoms with Gasteiger partial charge in [0.25, 0.3) is 0 Å². The number of hydrogen-bond donors (Lipinski definition) is 0. The van der Waals surface area contributed by atoms with Crippen molar-refractivity contribution in [1.82, 2.24) is 0 Å². The van der Waals surface area contributed by atoms with Crippen molar-refractivity contribution in [3.63, 3.8) is 0 Å². The second-order valence-electron chi connectivity index (χ2n) is 15.6. The first-order valence-electron chi connectivity index (χ1n) is 21.1. The summed E-state index contributed by atoms with van der Waals surface area (Å²) in [6, 6.07) is 77.2. The molecule has 0 amide bonds. The van der Waals surface area contributed by atoms with Crippen LogP contribution in [0.1, 0.15) is 0 Å². The molecule has 4 aliphatic heterocycles. The third kappa shape index (κ3) is 6.17. The van der Waals surface area contributed by atoms with Crippen molar-refractivity contribution in [3.8, 4) is 67.5 Å². The van der Waals surface area contributed by atoms with Crippen LogP contribution in [-0.2, 0) is 0 Å². The topological polar surface area (TPSA) is 43.4 Å². The summed E-state index contributed by atoms with van der Waals surface area (Å²) >= 11 is 0. The molecule has 64 heavy (non-hydrogen) atoms. The highest BCUT2D eigenvalue weighted by molar-refractivity contribution is 7.81. The van der Waals surface area contributed by atoms with Crippen molar-refractivity contribution in [2.75, 3.05) is 8.88 Å². The first kappa shape index (κ1) is 38.0. The van der Waals surface area contributed by atoms with E-state index in [0.29, 0.717) is 0 Å². The Balaban J connectivity index is 1.04. The van der Waals surface area contributed by atoms with Crippen molar-refractivity contribution in [2.24, 2.45) is 0 Å². The summed E-state index contributed by atoms with van der Waals surface area (Å²) < 4.78 is 34.1. The van der Waals surface area contributed by atoms with Crippen LogP contribution in [0.15, 0.2) is 218 Å². The van der Waals surface area contributed by atoms with E-state index in [1.54, 1.807) is 0 Å². The molecule has 0 saturated carbocycles. The van der Waals surface area contributed by atoms with Gasteiger partial charge in [0.2, 0.25) is 33.2 Å². The van der Waals surface area contributed by atoms with Gasteiger partial charge in [0.1, 0.15) is 23.0 Å². The van der Waals surface area contributed by atoms with Crippen LogP contribution in [-0.4, -0.2) is 0 Å². The Bertz CT molecular complexity index is 2890. The minimum atomic E-state index is -1.50. The van der Waals surface area contributed by atoms with Crippen LogP contribution in [0, 0.1) is 0 Å². The van der Waals surface area contributed by atoms with E-state index in [1.165, 1.54) is 22.3 Å². The fourth-order valence-corrected chi connectivity index (χ4v) is 18.5. The molecule has 0 aromatic heterocycles. The summed E-state index contributed by atoms with van der Waals surface area (Å²) in [4.78, 5) is 0. The first-order chi connectivity index (χ1) is 31.8. The van der Waals surface area contributed by atoms with Crippen molar-refractivity contribution in [2.45, 2.75) is 0 Å². The van der Waals surface area contributed by atoms with E-state index in [0.717, 1.165) is 77.8 Å². The highest BCUT2D eigenvalue weighted by Crippen LogP contribution is 2.67. The van der Waals surface area contributed by atoms with Crippen molar-refractivity contribution in [3.05, 3.63) is 218 Å². The number of anilines is 2. The second kappa shape index (κ2) is 15.6. The Kier molecular flexibility index (Phi) is 9.28. The molecule has 4 heterocycles. The Morgan fingerprint density at radius 1 is 0.234 bits per heavy atom. The van der Waals surface area contributed by atoms with Crippen molar-refractivity contribution in [1.29, 1.82) is 0 Å². The maximum atomic E-state index is 7.31. The van der Waals surface area contributed by atoms with Gasteiger partial charge in [-0.15, -0.1) is 0 Å². The highest BCUT2D eigenvalue weighted by Gasteiger charge is 2.44. The third-order valence-electron chi connectivity index (χ3n) is 11.9. The number of hydrogen-bond acceptors (Lipinski definition) is 6. The maximum absolute atomic E-state index is 7.31. The van der Waals surface area contributed by atoms with E-state index in [2.05, 4.69) is 227 Å². The van der Waals surface area contributed by atoms with E-state index < -0.39 is 33.2 Å². The van der Waals surface area contributed by atoms with Gasteiger partial charge in [-0.25, -0.2) is 0 Å². The van der Waals surface area contributed by atoms with Crippen LogP contribution in [0.5, 0.6) is 23.0 Å². The monoisotopic (exact) mass is 900 g/mol. The number of benzene rings is 9. The van der Waals surface area contributed by atoms with Gasteiger partial charge >= 0.3 is 0 Å². The predicted molar refractivity (Wildman–Crippen MR) is 268 cm³/mol. The van der Waals surface area contributed by atoms with Crippen LogP contribution >= 0.6 is 33.2 Å². The van der Waals surface area contributed by atoms with E-state index >= 15 is 0 Å². The molecule has 306 valence electrons. The Hall–Kier alpha value is -6.50. The third-order valence-corrected chi connectivity index (χ3v) is 20.8. The van der Waals surface area contributed by atoms with E-state index in [4.69, 9.17) is 18.1 Å². The molecule has 0 radical (unpaired) electrons. The Morgan fingerprint density at radius 2 is 0.469 bits per heavy atom. The number of rotatable bonds is 6. The fourth-order valence-electron chi connectivity index (χ4n) is 8.99. The molecule has 0 spiro atoms. The lowest BCUT2D eigenvalue weighted by molar-refractivity contribution is 0.607. The first-order valence-corrected chi connectivity index (χ1v) is 26.0. The van der Waals surface area contributed by atoms with E-state index in [9.17, 15) is 0 Å². The molecule has 4 aliphatic rings. The van der Waals surface area contributed by atoms with E-state index in [1.807, 2.05) is 0 Å². The molecule has 0 aliphatic carbocycles. The number of nitrogens with zero attached hydrogens (tertiary/aromatic N) is 2. The van der Waals surface area contributed by atoms with Crippen LogP contribution in [0.25, 0.3) is 44.5 Å². The van der Waals surface area contributed by atoms with Gasteiger partial charge in [0.05, 0.1) is 11.4 Å². The number of fused-ring (bicyclic) bond motifs is 12. The van der Waals surface area contributed by atoms with Gasteiger partial charge in [-0.3, -0.25) is 8.88 Å². The Labute approximate surface area is 376 Å². The van der Waals surface area contributed by atoms with Crippen LogP contribution in [0.4, 0.5) is 11.4 Å². The van der Waals surface area contributed by atoms with Crippen molar-refractivity contribution >= 4 is 65.8 Å². The SMILES string of the molecule is c1cc(N(P2Oc3ccccc3-c3ccccc32)P2Oc3ccccc3-c3ccccc32)cc(N(P2Oc3ccccc3-c3ccccc32)P2Oc3ccccc3-c3ccccc32)c1. The summed E-state index contributed by atoms with van der Waals surface area (Å²) in [6.07, 6.45) is 0. The lowest BCUT2D eigenvalue weighted by atomic mass is 10.0. The lowest BCUT2D eigenvalue weighted by Crippen LogP contribution is -2.32. The van der Waals surface area contributed by atoms with Gasteiger partial charge in [-0.2, -0.15) is 0 Å². The predicted octanol–water partition coefficient (Wildman–Crippen LogP) is 14.1. The highest BCUT2D eigenvalue weighted by atomic mass is 31.2. The summed E-state index contributed by atoms with van der Waals surface area (Å²) in [5.74, 6) is 3.44. The second-order valence-corrected chi connectivity index (χ2v) is 22.7. The zero-order valence-electron chi connectivity index (χ0n) is 34.1. The smallest absolute Gasteiger partial charge is 0.232 e. The molecule has 6 nitrogen and oxygen atoms in total. The zero-order valence-corrected chi connectivity index (χ0v) is 37.7. The van der Waals surface area contributed by atoms with Crippen molar-refractivity contribution < 1.29 is 18.1 Å². The molecule has 9 aromatic rings. The van der Waals surface area contributed by atoms with Gasteiger partial charge in [0, 0.05) is 43.5 Å². The summed E-state index contributed by atoms with van der Waals surface area (Å²) in [5, 5.41) is 4.54. The summed E-state index contributed by atoms with van der Waals surface area (Å²) in [5.41, 5.74) is 11.0. The van der Waals surface area contributed by atoms with Gasteiger partial charge < -0.3 is 18.1 Å². The molecule has 0 bridgehead atoms. The summed E-state index contributed by atoms with van der Waals surface area (Å²) in [7, 11) is -5.99. The fraction of sp³-hybridized carbons (Fsp3) is 0. The average molecular weight is 901 g/mol. The van der Waals surface area contributed by atoms with Gasteiger partial charge in [-0.05, 0) is 89.0 Å². The zero-order chi connectivity index (χ0) is 42.1. The van der Waals surface area contributed by atoms with Gasteiger partial charge in [-0.1, -0.05) is 152 Å². The van der Waals surface area contributed by atoms with Gasteiger partial charge in [0.15, 0.2) is 0 Å². The van der Waals surface area contributed by atoms with Crippen LogP contribution < -0.4 is 48.2 Å². The van der Waals surface area contributed by atoms with E-state index in [-0.39, 0.29) is 0 Å². The maximum Gasteiger partial charge on any atom is 0.232 e. The molecule has 4 unspecified atom stereocenters. The number of para-hydroxylation sites is 4. The molecule has 9 aromatic carbocycles. The summed E-state index contributed by atoms with van der Waals surface area (Å²) in [6.45, 7) is 0. The molecule has 0 N–H and O–H groups in total. The minimum absolute atomic E-state index is 0.861. The molecule has 10 heteroatoms. The minimum Gasteiger partial charge on any atom is -0.448 e. The lowest BCUT2D eigenvalue weighted by Gasteiger charge is -2.43. The largest absolute Gasteiger partial charge is 0.448 e.